The average Bonchev–Trinajstić information content (AvgIpc) is 3.51. The summed E-state index contributed by atoms with van der Waals surface area (Å²) in [5.41, 5.74) is 2.85. The lowest BCUT2D eigenvalue weighted by molar-refractivity contribution is 0.0947. The van der Waals surface area contributed by atoms with E-state index in [2.05, 4.69) is 20.5 Å². The Labute approximate surface area is 182 Å². The highest BCUT2D eigenvalue weighted by Gasteiger charge is 2.25. The van der Waals surface area contributed by atoms with Crippen molar-refractivity contribution in [3.63, 3.8) is 0 Å². The summed E-state index contributed by atoms with van der Waals surface area (Å²) in [6, 6.07) is 16.3. The molecule has 5 rings (SSSR count). The van der Waals surface area contributed by atoms with E-state index in [-0.39, 0.29) is 11.9 Å². The van der Waals surface area contributed by atoms with Gasteiger partial charge in [-0.2, -0.15) is 5.10 Å². The minimum absolute atomic E-state index is 0.215. The van der Waals surface area contributed by atoms with Gasteiger partial charge in [-0.1, -0.05) is 23.9 Å². The van der Waals surface area contributed by atoms with E-state index in [0.717, 1.165) is 40.0 Å². The molecule has 2 aromatic carbocycles. The summed E-state index contributed by atoms with van der Waals surface area (Å²) in [5.74, 6) is -0.633. The zero-order valence-corrected chi connectivity index (χ0v) is 17.3. The molecule has 2 aromatic heterocycles. The number of aromatic amines is 1. The predicted octanol–water partition coefficient (Wildman–Crippen LogP) is 5.31. The van der Waals surface area contributed by atoms with E-state index in [1.807, 2.05) is 48.6 Å². The van der Waals surface area contributed by atoms with Crippen LogP contribution in [-0.4, -0.2) is 27.1 Å². The summed E-state index contributed by atoms with van der Waals surface area (Å²) in [4.78, 5) is 18.0. The first-order valence-corrected chi connectivity index (χ1v) is 10.8. The molecule has 4 aromatic rings. The van der Waals surface area contributed by atoms with Crippen molar-refractivity contribution in [2.75, 3.05) is 0 Å². The van der Waals surface area contributed by atoms with E-state index >= 15 is 0 Å². The van der Waals surface area contributed by atoms with Crippen molar-refractivity contribution < 1.29 is 9.18 Å². The number of H-pyrrole nitrogens is 1. The number of aromatic nitrogens is 3. The van der Waals surface area contributed by atoms with Crippen LogP contribution >= 0.6 is 11.8 Å². The highest BCUT2D eigenvalue weighted by molar-refractivity contribution is 7.99. The molecule has 1 amide bonds. The lowest BCUT2D eigenvalue weighted by Gasteiger charge is -2.10. The second kappa shape index (κ2) is 8.35. The van der Waals surface area contributed by atoms with Crippen LogP contribution in [-0.2, 0) is 0 Å². The number of nitrogens with one attached hydrogen (secondary N) is 2. The van der Waals surface area contributed by atoms with E-state index in [9.17, 15) is 9.18 Å². The quantitative estimate of drug-likeness (QED) is 0.435. The van der Waals surface area contributed by atoms with Gasteiger partial charge < -0.3 is 5.32 Å². The molecular weight excluding hydrogens is 411 g/mol. The van der Waals surface area contributed by atoms with Gasteiger partial charge in [-0.3, -0.25) is 14.9 Å². The van der Waals surface area contributed by atoms with Gasteiger partial charge in [-0.05, 0) is 67.5 Å². The lowest BCUT2D eigenvalue weighted by atomic mass is 10.2. The average molecular weight is 431 g/mol. The van der Waals surface area contributed by atoms with Gasteiger partial charge in [0.05, 0.1) is 27.4 Å². The smallest absolute Gasteiger partial charge is 0.252 e. The molecule has 1 aliphatic carbocycles. The van der Waals surface area contributed by atoms with Crippen molar-refractivity contribution in [3.05, 3.63) is 83.6 Å². The molecule has 2 heterocycles. The van der Waals surface area contributed by atoms with Crippen LogP contribution in [0.25, 0.3) is 23.1 Å². The number of carbonyl (C=O) groups excluding carboxylic acids is 1. The van der Waals surface area contributed by atoms with Crippen molar-refractivity contribution in [3.8, 4) is 0 Å². The van der Waals surface area contributed by atoms with Crippen LogP contribution in [0.1, 0.15) is 34.6 Å². The SMILES string of the molecule is O=C(NC1CC1)c1cccc(F)c1Sc1ccc2c(C=Cc3ccccn3)n[nH]c2c1. The Kier molecular flexibility index (Phi) is 5.26. The number of amides is 1. The maximum atomic E-state index is 14.6. The standard InChI is InChI=1S/C24H19FN4OS/c25-20-6-3-5-19(24(30)27-16-7-8-16)23(20)31-17-10-11-18-21(28-29-22(18)14-17)12-9-15-4-1-2-13-26-15/h1-6,9-14,16H,7-8H2,(H,27,30)(H,28,29). The van der Waals surface area contributed by atoms with Gasteiger partial charge in [0.15, 0.2) is 0 Å². The fourth-order valence-corrected chi connectivity index (χ4v) is 4.23. The fourth-order valence-electron chi connectivity index (χ4n) is 3.25. The topological polar surface area (TPSA) is 70.7 Å². The summed E-state index contributed by atoms with van der Waals surface area (Å²) in [7, 11) is 0. The van der Waals surface area contributed by atoms with Crippen molar-refractivity contribution in [1.29, 1.82) is 0 Å². The Balaban J connectivity index is 1.41. The second-order valence-corrected chi connectivity index (χ2v) is 8.45. The molecule has 0 spiro atoms. The fraction of sp³-hybridized carbons (Fsp3) is 0.125. The highest BCUT2D eigenvalue weighted by Crippen LogP contribution is 2.35. The van der Waals surface area contributed by atoms with Gasteiger partial charge in [0.2, 0.25) is 0 Å². The van der Waals surface area contributed by atoms with Gasteiger partial charge in [-0.15, -0.1) is 0 Å². The number of benzene rings is 2. The lowest BCUT2D eigenvalue weighted by Crippen LogP contribution is -2.26. The molecule has 0 radical (unpaired) electrons. The molecule has 31 heavy (non-hydrogen) atoms. The van der Waals surface area contributed by atoms with Crippen LogP contribution in [0.4, 0.5) is 4.39 Å². The normalized spacial score (nSPS) is 13.7. The first kappa shape index (κ1) is 19.5. The van der Waals surface area contributed by atoms with Crippen LogP contribution in [0.5, 0.6) is 0 Å². The van der Waals surface area contributed by atoms with Crippen molar-refractivity contribution in [1.82, 2.24) is 20.5 Å². The van der Waals surface area contributed by atoms with Gasteiger partial charge >= 0.3 is 0 Å². The van der Waals surface area contributed by atoms with Crippen LogP contribution < -0.4 is 5.32 Å². The van der Waals surface area contributed by atoms with Gasteiger partial charge in [0.25, 0.3) is 5.91 Å². The Morgan fingerprint density at radius 3 is 2.84 bits per heavy atom. The van der Waals surface area contributed by atoms with Crippen molar-refractivity contribution in [2.24, 2.45) is 0 Å². The molecule has 0 atom stereocenters. The summed E-state index contributed by atoms with van der Waals surface area (Å²) in [6.45, 7) is 0. The number of hydrogen-bond donors (Lipinski definition) is 2. The van der Waals surface area contributed by atoms with Crippen LogP contribution in [0, 0.1) is 5.82 Å². The van der Waals surface area contributed by atoms with E-state index in [0.29, 0.717) is 10.5 Å². The van der Waals surface area contributed by atoms with E-state index < -0.39 is 5.82 Å². The van der Waals surface area contributed by atoms with E-state index in [4.69, 9.17) is 0 Å². The van der Waals surface area contributed by atoms with E-state index in [1.54, 1.807) is 18.3 Å². The van der Waals surface area contributed by atoms with Crippen LogP contribution in [0.15, 0.2) is 70.6 Å². The van der Waals surface area contributed by atoms with Crippen LogP contribution in [0.3, 0.4) is 0 Å². The maximum absolute atomic E-state index is 14.6. The Morgan fingerprint density at radius 2 is 2.03 bits per heavy atom. The van der Waals surface area contributed by atoms with Crippen molar-refractivity contribution >= 4 is 40.7 Å². The summed E-state index contributed by atoms with van der Waals surface area (Å²) in [5, 5.41) is 11.3. The molecule has 154 valence electrons. The number of pyridine rings is 1. The largest absolute Gasteiger partial charge is 0.349 e. The Hall–Kier alpha value is -3.45. The molecule has 1 saturated carbocycles. The molecule has 0 saturated heterocycles. The molecule has 7 heteroatoms. The van der Waals surface area contributed by atoms with Gasteiger partial charge in [0.1, 0.15) is 5.82 Å². The monoisotopic (exact) mass is 430 g/mol. The maximum Gasteiger partial charge on any atom is 0.252 e. The Morgan fingerprint density at radius 1 is 1.13 bits per heavy atom. The third-order valence-electron chi connectivity index (χ3n) is 5.01. The number of rotatable bonds is 6. The first-order valence-electron chi connectivity index (χ1n) is 10.0. The van der Waals surface area contributed by atoms with Crippen LogP contribution in [0.2, 0.25) is 0 Å². The molecular formula is C24H19FN4OS. The van der Waals surface area contributed by atoms with Crippen molar-refractivity contribution in [2.45, 2.75) is 28.7 Å². The number of fused-ring (bicyclic) bond motifs is 1. The van der Waals surface area contributed by atoms with E-state index in [1.165, 1.54) is 17.8 Å². The number of carbonyl (C=O) groups is 1. The molecule has 0 unspecified atom stereocenters. The molecule has 1 fully saturated rings. The summed E-state index contributed by atoms with van der Waals surface area (Å²) in [6.07, 6.45) is 7.52. The predicted molar refractivity (Wildman–Crippen MR) is 120 cm³/mol. The number of hydrogen-bond acceptors (Lipinski definition) is 4. The molecule has 0 bridgehead atoms. The number of nitrogens with zero attached hydrogens (tertiary/aromatic N) is 2. The third kappa shape index (κ3) is 4.36. The molecule has 2 N–H and O–H groups in total. The molecule has 0 aliphatic heterocycles. The second-order valence-electron chi connectivity index (χ2n) is 7.37. The number of halogens is 1. The minimum Gasteiger partial charge on any atom is -0.349 e. The third-order valence-corrected chi connectivity index (χ3v) is 6.12. The minimum atomic E-state index is -0.405. The van der Waals surface area contributed by atoms with Gasteiger partial charge in [-0.25, -0.2) is 4.39 Å². The first-order chi connectivity index (χ1) is 15.2. The summed E-state index contributed by atoms with van der Waals surface area (Å²) >= 11 is 1.24. The zero-order valence-electron chi connectivity index (χ0n) is 16.5. The highest BCUT2D eigenvalue weighted by atomic mass is 32.2. The van der Waals surface area contributed by atoms with Gasteiger partial charge in [0, 0.05) is 22.5 Å². The molecule has 5 nitrogen and oxygen atoms in total. The zero-order chi connectivity index (χ0) is 21.2. The summed E-state index contributed by atoms with van der Waals surface area (Å²) < 4.78 is 14.6. The Bertz CT molecular complexity index is 1280. The molecule has 1 aliphatic rings.